The minimum atomic E-state index is -2.24. The van der Waals surface area contributed by atoms with Crippen molar-refractivity contribution >= 4 is 0 Å². The summed E-state index contributed by atoms with van der Waals surface area (Å²) in [6.45, 7) is 0.930. The van der Waals surface area contributed by atoms with Gasteiger partial charge in [0, 0.05) is 25.9 Å². The monoisotopic (exact) mass is 375 g/mol. The molecule has 0 spiro atoms. The van der Waals surface area contributed by atoms with Crippen LogP contribution in [0.4, 0.5) is 26.3 Å². The van der Waals surface area contributed by atoms with Crippen LogP contribution in [0, 0.1) is 34.9 Å². The lowest BCUT2D eigenvalue weighted by Gasteiger charge is -2.41. The van der Waals surface area contributed by atoms with Crippen LogP contribution in [-0.2, 0) is 5.60 Å². The van der Waals surface area contributed by atoms with Crippen molar-refractivity contribution in [3.63, 3.8) is 0 Å². The summed E-state index contributed by atoms with van der Waals surface area (Å²) in [5.41, 5.74) is -0.936. The van der Waals surface area contributed by atoms with Crippen molar-refractivity contribution in [2.45, 2.75) is 18.4 Å². The third-order valence-electron chi connectivity index (χ3n) is 4.63. The summed E-state index contributed by atoms with van der Waals surface area (Å²) >= 11 is 0. The normalized spacial score (nSPS) is 17.3. The highest BCUT2D eigenvalue weighted by Gasteiger charge is 2.40. The Hall–Kier alpha value is -2.22. The van der Waals surface area contributed by atoms with Gasteiger partial charge in [0.15, 0.2) is 5.75 Å². The van der Waals surface area contributed by atoms with Crippen LogP contribution in [0.5, 0.6) is 5.75 Å². The van der Waals surface area contributed by atoms with E-state index in [9.17, 15) is 26.3 Å². The maximum atomic E-state index is 14.1. The average Bonchev–Trinajstić information content (AvgIpc) is 2.64. The number of halogens is 6. The van der Waals surface area contributed by atoms with E-state index in [1.165, 1.54) is 12.1 Å². The third-order valence-corrected chi connectivity index (χ3v) is 4.63. The molecular weight excluding hydrogens is 360 g/mol. The summed E-state index contributed by atoms with van der Waals surface area (Å²) in [6.07, 6.45) is 0.462. The van der Waals surface area contributed by atoms with Gasteiger partial charge in [-0.05, 0) is 24.7 Å². The fourth-order valence-electron chi connectivity index (χ4n) is 3.05. The van der Waals surface area contributed by atoms with E-state index in [1.807, 2.05) is 11.9 Å². The zero-order chi connectivity index (χ0) is 19.1. The Kier molecular flexibility index (Phi) is 4.88. The van der Waals surface area contributed by atoms with Gasteiger partial charge in [-0.25, -0.2) is 17.6 Å². The predicted octanol–water partition coefficient (Wildman–Crippen LogP) is 4.52. The van der Waals surface area contributed by atoms with Crippen molar-refractivity contribution < 1.29 is 31.1 Å². The first kappa shape index (κ1) is 18.6. The Labute approximate surface area is 146 Å². The maximum Gasteiger partial charge on any atom is 0.207 e. The summed E-state index contributed by atoms with van der Waals surface area (Å²) in [6, 6.07) is 5.06. The van der Waals surface area contributed by atoms with Gasteiger partial charge in [0.05, 0.1) is 0 Å². The highest BCUT2D eigenvalue weighted by molar-refractivity contribution is 5.33. The van der Waals surface area contributed by atoms with Crippen molar-refractivity contribution in [1.29, 1.82) is 0 Å². The first-order valence-electron chi connectivity index (χ1n) is 7.90. The fraction of sp³-hybridized carbons (Fsp3) is 0.333. The van der Waals surface area contributed by atoms with E-state index in [-0.39, 0.29) is 12.8 Å². The van der Waals surface area contributed by atoms with Gasteiger partial charge in [0.1, 0.15) is 11.4 Å². The molecule has 1 saturated heterocycles. The average molecular weight is 375 g/mol. The van der Waals surface area contributed by atoms with Crippen LogP contribution in [0.1, 0.15) is 18.4 Å². The molecule has 0 aromatic heterocycles. The summed E-state index contributed by atoms with van der Waals surface area (Å²) in [5, 5.41) is 0. The summed E-state index contributed by atoms with van der Waals surface area (Å²) in [4.78, 5) is 1.93. The number of likely N-dealkylation sites (tertiary alicyclic amines) is 1. The van der Waals surface area contributed by atoms with E-state index < -0.39 is 46.3 Å². The van der Waals surface area contributed by atoms with E-state index in [1.54, 1.807) is 0 Å². The summed E-state index contributed by atoms with van der Waals surface area (Å²) in [5.74, 6) is -12.3. The van der Waals surface area contributed by atoms with E-state index in [0.29, 0.717) is 18.7 Å². The molecule has 1 fully saturated rings. The second kappa shape index (κ2) is 6.83. The first-order valence-corrected chi connectivity index (χ1v) is 7.90. The second-order valence-corrected chi connectivity index (χ2v) is 6.31. The van der Waals surface area contributed by atoms with Crippen molar-refractivity contribution in [2.75, 3.05) is 20.1 Å². The molecule has 1 aliphatic heterocycles. The molecule has 2 aromatic carbocycles. The van der Waals surface area contributed by atoms with E-state index in [4.69, 9.17) is 4.74 Å². The van der Waals surface area contributed by atoms with Gasteiger partial charge in [0.25, 0.3) is 0 Å². The molecule has 1 aliphatic rings. The second-order valence-electron chi connectivity index (χ2n) is 6.31. The van der Waals surface area contributed by atoms with Crippen molar-refractivity contribution in [1.82, 2.24) is 4.90 Å². The molecule has 0 saturated carbocycles. The Morgan fingerprint density at radius 2 is 1.23 bits per heavy atom. The Morgan fingerprint density at radius 3 is 1.73 bits per heavy atom. The zero-order valence-electron chi connectivity index (χ0n) is 13.8. The van der Waals surface area contributed by atoms with E-state index >= 15 is 0 Å². The first-order chi connectivity index (χ1) is 12.2. The lowest BCUT2D eigenvalue weighted by Crippen LogP contribution is -2.45. The Morgan fingerprint density at radius 1 is 0.769 bits per heavy atom. The van der Waals surface area contributed by atoms with Gasteiger partial charge in [0.2, 0.25) is 29.1 Å². The molecule has 3 rings (SSSR count). The molecule has 2 aromatic rings. The quantitative estimate of drug-likeness (QED) is 0.444. The number of hydrogen-bond acceptors (Lipinski definition) is 2. The van der Waals surface area contributed by atoms with Crippen molar-refractivity contribution in [2.24, 2.45) is 0 Å². The van der Waals surface area contributed by atoms with Crippen LogP contribution in [0.3, 0.4) is 0 Å². The largest absolute Gasteiger partial charge is 0.476 e. The smallest absolute Gasteiger partial charge is 0.207 e. The van der Waals surface area contributed by atoms with Gasteiger partial charge in [-0.2, -0.15) is 8.78 Å². The van der Waals surface area contributed by atoms with Crippen LogP contribution in [0.2, 0.25) is 0 Å². The van der Waals surface area contributed by atoms with E-state index in [0.717, 1.165) is 12.1 Å². The van der Waals surface area contributed by atoms with Gasteiger partial charge in [-0.1, -0.05) is 12.1 Å². The third kappa shape index (κ3) is 3.13. The van der Waals surface area contributed by atoms with E-state index in [2.05, 4.69) is 0 Å². The number of piperidine rings is 1. The fourth-order valence-corrected chi connectivity index (χ4v) is 3.05. The highest BCUT2D eigenvalue weighted by Crippen LogP contribution is 2.40. The van der Waals surface area contributed by atoms with Crippen LogP contribution >= 0.6 is 0 Å². The van der Waals surface area contributed by atoms with Crippen molar-refractivity contribution in [3.05, 3.63) is 64.7 Å². The lowest BCUT2D eigenvalue weighted by atomic mass is 9.84. The molecule has 0 atom stereocenters. The summed E-state index contributed by atoms with van der Waals surface area (Å²) in [7, 11) is 1.83. The number of ether oxygens (including phenoxy) is 1. The molecule has 0 unspecified atom stereocenters. The number of rotatable bonds is 3. The maximum absolute atomic E-state index is 14.1. The number of nitrogens with zero attached hydrogens (tertiary/aromatic N) is 1. The number of hydrogen-bond donors (Lipinski definition) is 0. The molecule has 0 aliphatic carbocycles. The highest BCUT2D eigenvalue weighted by atomic mass is 19.2. The topological polar surface area (TPSA) is 12.5 Å². The molecule has 0 radical (unpaired) electrons. The molecule has 0 amide bonds. The van der Waals surface area contributed by atoms with Gasteiger partial charge >= 0.3 is 0 Å². The zero-order valence-corrected chi connectivity index (χ0v) is 13.8. The minimum absolute atomic E-state index is 0.231. The van der Waals surface area contributed by atoms with Crippen LogP contribution < -0.4 is 4.74 Å². The predicted molar refractivity (Wildman–Crippen MR) is 81.7 cm³/mol. The molecule has 0 bridgehead atoms. The van der Waals surface area contributed by atoms with Gasteiger partial charge in [-0.15, -0.1) is 0 Å². The lowest BCUT2D eigenvalue weighted by molar-refractivity contribution is -0.00386. The molecule has 8 heteroatoms. The van der Waals surface area contributed by atoms with Crippen LogP contribution in [0.15, 0.2) is 24.3 Å². The van der Waals surface area contributed by atoms with Crippen molar-refractivity contribution in [3.8, 4) is 5.75 Å². The number of benzene rings is 2. The standard InChI is InChI=1S/C18H15F6NO/c1-25-8-6-18(7-9-25,10-2-4-11(19)5-3-10)26-17-15(23)13(21)12(20)14(22)16(17)24/h2-5H,6-9H2,1H3. The molecule has 140 valence electrons. The summed E-state index contributed by atoms with van der Waals surface area (Å²) < 4.78 is 87.1. The minimum Gasteiger partial charge on any atom is -0.476 e. The van der Waals surface area contributed by atoms with Crippen LogP contribution in [-0.4, -0.2) is 25.0 Å². The molecule has 0 N–H and O–H groups in total. The molecule has 1 heterocycles. The molecular formula is C18H15F6NO. The van der Waals surface area contributed by atoms with Crippen LogP contribution in [0.25, 0.3) is 0 Å². The Balaban J connectivity index is 2.09. The SMILES string of the molecule is CN1CCC(Oc2c(F)c(F)c(F)c(F)c2F)(c2ccc(F)cc2)CC1. The Bertz CT molecular complexity index is 786. The molecule has 26 heavy (non-hydrogen) atoms. The van der Waals surface area contributed by atoms with Gasteiger partial charge < -0.3 is 9.64 Å². The molecule has 2 nitrogen and oxygen atoms in total. The van der Waals surface area contributed by atoms with Gasteiger partial charge in [-0.3, -0.25) is 0 Å².